The van der Waals surface area contributed by atoms with Gasteiger partial charge in [-0.05, 0) is 59.0 Å². The highest BCUT2D eigenvalue weighted by Crippen LogP contribution is 2.13. The summed E-state index contributed by atoms with van der Waals surface area (Å²) in [4.78, 5) is 16.1. The highest BCUT2D eigenvalue weighted by Gasteiger charge is 2.08. The Labute approximate surface area is 112 Å². The Bertz CT molecular complexity index is 460. The number of nitrogens with zero attached hydrogens (tertiary/aromatic N) is 1. The molecule has 0 radical (unpaired) electrons. The van der Waals surface area contributed by atoms with Gasteiger partial charge < -0.3 is 0 Å². The molecule has 4 heteroatoms. The molecule has 0 amide bonds. The predicted octanol–water partition coefficient (Wildman–Crippen LogP) is 3.57. The molecule has 0 saturated carbocycles. The summed E-state index contributed by atoms with van der Waals surface area (Å²) < 4.78 is 0.866. The minimum atomic E-state index is -0.0411. The summed E-state index contributed by atoms with van der Waals surface area (Å²) in [6, 6.07) is 10.4. The lowest BCUT2D eigenvalue weighted by molar-refractivity contribution is 0.103. The Balaban J connectivity index is 2.32. The monoisotopic (exact) mass is 343 g/mol. The predicted molar refractivity (Wildman–Crippen MR) is 71.8 cm³/mol. The van der Waals surface area contributed by atoms with Crippen LogP contribution in [0.25, 0.3) is 0 Å². The molecule has 2 nitrogen and oxygen atoms in total. The first-order chi connectivity index (χ1) is 7.66. The standard InChI is InChI=1S/C12H7ClINO/c13-10-4-1-8(2-5-10)12(16)9-3-6-11(14)15-7-9/h1-7H. The Morgan fingerprint density at radius 2 is 1.69 bits per heavy atom. The van der Waals surface area contributed by atoms with Gasteiger partial charge in [-0.2, -0.15) is 0 Å². The van der Waals surface area contributed by atoms with Gasteiger partial charge in [0, 0.05) is 22.3 Å². The molecule has 16 heavy (non-hydrogen) atoms. The average molecular weight is 344 g/mol. The van der Waals surface area contributed by atoms with E-state index >= 15 is 0 Å². The number of carbonyl (C=O) groups excluding carboxylic acids is 1. The number of pyridine rings is 1. The highest BCUT2D eigenvalue weighted by molar-refractivity contribution is 14.1. The van der Waals surface area contributed by atoms with Crippen LogP contribution in [0.15, 0.2) is 42.6 Å². The molecule has 1 aromatic carbocycles. The molecule has 0 aliphatic rings. The molecule has 0 aliphatic heterocycles. The van der Waals surface area contributed by atoms with E-state index in [1.807, 2.05) is 6.07 Å². The summed E-state index contributed by atoms with van der Waals surface area (Å²) in [7, 11) is 0. The number of hydrogen-bond acceptors (Lipinski definition) is 2. The zero-order chi connectivity index (χ0) is 11.5. The maximum absolute atomic E-state index is 12.0. The molecule has 0 spiro atoms. The van der Waals surface area contributed by atoms with Crippen LogP contribution in [0, 0.1) is 3.70 Å². The number of halogens is 2. The Morgan fingerprint density at radius 1 is 1.06 bits per heavy atom. The first kappa shape index (κ1) is 11.5. The summed E-state index contributed by atoms with van der Waals surface area (Å²) in [5.41, 5.74) is 1.20. The molecule has 2 aromatic rings. The van der Waals surface area contributed by atoms with E-state index in [-0.39, 0.29) is 5.78 Å². The van der Waals surface area contributed by atoms with E-state index in [2.05, 4.69) is 27.6 Å². The van der Waals surface area contributed by atoms with E-state index < -0.39 is 0 Å². The van der Waals surface area contributed by atoms with E-state index in [9.17, 15) is 4.79 Å². The molecule has 2 rings (SSSR count). The zero-order valence-electron chi connectivity index (χ0n) is 8.15. The molecule has 0 N–H and O–H groups in total. The average Bonchev–Trinajstić information content (AvgIpc) is 2.30. The van der Waals surface area contributed by atoms with Crippen molar-refractivity contribution >= 4 is 40.0 Å². The molecule has 0 atom stereocenters. The van der Waals surface area contributed by atoms with Gasteiger partial charge >= 0.3 is 0 Å². The number of ketones is 1. The van der Waals surface area contributed by atoms with Crippen molar-refractivity contribution in [3.8, 4) is 0 Å². The normalized spacial score (nSPS) is 10.1. The minimum absolute atomic E-state index is 0.0411. The largest absolute Gasteiger partial charge is 0.289 e. The van der Waals surface area contributed by atoms with Crippen LogP contribution >= 0.6 is 34.2 Å². The summed E-state index contributed by atoms with van der Waals surface area (Å²) in [5, 5.41) is 0.622. The second-order valence-electron chi connectivity index (χ2n) is 3.21. The minimum Gasteiger partial charge on any atom is -0.289 e. The number of benzene rings is 1. The van der Waals surface area contributed by atoms with Gasteiger partial charge in [-0.1, -0.05) is 11.6 Å². The molecular formula is C12H7ClINO. The van der Waals surface area contributed by atoms with Crippen LogP contribution in [0.3, 0.4) is 0 Å². The molecule has 1 heterocycles. The Morgan fingerprint density at radius 3 is 2.25 bits per heavy atom. The van der Waals surface area contributed by atoms with Crippen molar-refractivity contribution < 1.29 is 4.79 Å². The molecular weight excluding hydrogens is 336 g/mol. The third-order valence-corrected chi connectivity index (χ3v) is 2.99. The smallest absolute Gasteiger partial charge is 0.194 e. The van der Waals surface area contributed by atoms with Crippen LogP contribution in [-0.4, -0.2) is 10.8 Å². The zero-order valence-corrected chi connectivity index (χ0v) is 11.1. The molecule has 1 aromatic heterocycles. The Hall–Kier alpha value is -0.940. The first-order valence-corrected chi connectivity index (χ1v) is 6.04. The van der Waals surface area contributed by atoms with Gasteiger partial charge in [-0.15, -0.1) is 0 Å². The maximum atomic E-state index is 12.0. The highest BCUT2D eigenvalue weighted by atomic mass is 127. The molecule has 80 valence electrons. The van der Waals surface area contributed by atoms with Crippen molar-refractivity contribution in [1.29, 1.82) is 0 Å². The fourth-order valence-corrected chi connectivity index (χ4v) is 1.72. The van der Waals surface area contributed by atoms with Gasteiger partial charge in [0.05, 0.1) is 0 Å². The van der Waals surface area contributed by atoms with Crippen molar-refractivity contribution in [2.45, 2.75) is 0 Å². The third-order valence-electron chi connectivity index (χ3n) is 2.10. The topological polar surface area (TPSA) is 30.0 Å². The molecule has 0 bridgehead atoms. The van der Waals surface area contributed by atoms with Crippen LogP contribution in [0.2, 0.25) is 5.02 Å². The molecule has 0 saturated heterocycles. The second-order valence-corrected chi connectivity index (χ2v) is 4.75. The summed E-state index contributed by atoms with van der Waals surface area (Å²) in [5.74, 6) is -0.0411. The SMILES string of the molecule is O=C(c1ccc(Cl)cc1)c1ccc(I)nc1. The van der Waals surface area contributed by atoms with Gasteiger partial charge in [0.1, 0.15) is 3.70 Å². The number of hydrogen-bond donors (Lipinski definition) is 0. The lowest BCUT2D eigenvalue weighted by Crippen LogP contribution is -2.01. The quantitative estimate of drug-likeness (QED) is 0.474. The van der Waals surface area contributed by atoms with Crippen molar-refractivity contribution in [2.75, 3.05) is 0 Å². The van der Waals surface area contributed by atoms with Gasteiger partial charge in [-0.3, -0.25) is 4.79 Å². The number of carbonyl (C=O) groups is 1. The fourth-order valence-electron chi connectivity index (χ4n) is 1.28. The van der Waals surface area contributed by atoms with E-state index in [0.29, 0.717) is 16.1 Å². The van der Waals surface area contributed by atoms with Crippen LogP contribution in [0.1, 0.15) is 15.9 Å². The number of rotatable bonds is 2. The molecule has 0 fully saturated rings. The van der Waals surface area contributed by atoms with Gasteiger partial charge in [-0.25, -0.2) is 4.98 Å². The third kappa shape index (κ3) is 2.59. The van der Waals surface area contributed by atoms with Gasteiger partial charge in [0.25, 0.3) is 0 Å². The summed E-state index contributed by atoms with van der Waals surface area (Å²) in [6.45, 7) is 0. The maximum Gasteiger partial charge on any atom is 0.194 e. The number of aromatic nitrogens is 1. The van der Waals surface area contributed by atoms with Crippen LogP contribution in [-0.2, 0) is 0 Å². The molecule has 0 unspecified atom stereocenters. The van der Waals surface area contributed by atoms with E-state index in [1.165, 1.54) is 0 Å². The lowest BCUT2D eigenvalue weighted by Gasteiger charge is -2.00. The summed E-state index contributed by atoms with van der Waals surface area (Å²) >= 11 is 7.86. The van der Waals surface area contributed by atoms with Gasteiger partial charge in [0.2, 0.25) is 0 Å². The fraction of sp³-hybridized carbons (Fsp3) is 0. The van der Waals surface area contributed by atoms with Crippen LogP contribution in [0.5, 0.6) is 0 Å². The van der Waals surface area contributed by atoms with Gasteiger partial charge in [0.15, 0.2) is 5.78 Å². The van der Waals surface area contributed by atoms with Crippen molar-refractivity contribution in [3.63, 3.8) is 0 Å². The summed E-state index contributed by atoms with van der Waals surface area (Å²) in [6.07, 6.45) is 1.58. The Kier molecular flexibility index (Phi) is 3.56. The van der Waals surface area contributed by atoms with Crippen LogP contribution in [0.4, 0.5) is 0 Å². The van der Waals surface area contributed by atoms with E-state index in [0.717, 1.165) is 3.70 Å². The molecule has 0 aliphatic carbocycles. The van der Waals surface area contributed by atoms with Crippen molar-refractivity contribution in [2.24, 2.45) is 0 Å². The van der Waals surface area contributed by atoms with Crippen molar-refractivity contribution in [1.82, 2.24) is 4.98 Å². The van der Waals surface area contributed by atoms with Crippen molar-refractivity contribution in [3.05, 3.63) is 62.4 Å². The lowest BCUT2D eigenvalue weighted by atomic mass is 10.1. The van der Waals surface area contributed by atoms with Crippen LogP contribution < -0.4 is 0 Å². The van der Waals surface area contributed by atoms with E-state index in [1.54, 1.807) is 36.5 Å². The first-order valence-electron chi connectivity index (χ1n) is 4.58. The van der Waals surface area contributed by atoms with E-state index in [4.69, 9.17) is 11.6 Å². The second kappa shape index (κ2) is 4.93.